The summed E-state index contributed by atoms with van der Waals surface area (Å²) in [5.74, 6) is 0.437. The Kier molecular flexibility index (Phi) is 6.94. The molecule has 9 nitrogen and oxygen atoms in total. The van der Waals surface area contributed by atoms with Gasteiger partial charge in [0, 0.05) is 24.2 Å². The highest BCUT2D eigenvalue weighted by Gasteiger charge is 2.31. The van der Waals surface area contributed by atoms with Crippen LogP contribution in [0, 0.1) is 0 Å². The molecule has 3 heterocycles. The van der Waals surface area contributed by atoms with E-state index in [2.05, 4.69) is 25.7 Å². The fourth-order valence-electron chi connectivity index (χ4n) is 3.85. The predicted molar refractivity (Wildman–Crippen MR) is 139 cm³/mol. The van der Waals surface area contributed by atoms with Crippen LogP contribution in [0.3, 0.4) is 0 Å². The van der Waals surface area contributed by atoms with Crippen LogP contribution in [0.25, 0.3) is 0 Å². The largest absolute Gasteiger partial charge is 0.366 e. The highest BCUT2D eigenvalue weighted by atomic mass is 32.2. The molecule has 10 heteroatoms. The smallest absolute Gasteiger partial charge is 0.291 e. The summed E-state index contributed by atoms with van der Waals surface area (Å²) in [4.78, 5) is 37.0. The molecule has 182 valence electrons. The highest BCUT2D eigenvalue weighted by molar-refractivity contribution is 7.99. The molecule has 0 aliphatic carbocycles. The van der Waals surface area contributed by atoms with Crippen LogP contribution >= 0.6 is 11.8 Å². The van der Waals surface area contributed by atoms with Crippen LogP contribution in [0.1, 0.15) is 21.7 Å². The monoisotopic (exact) mass is 499 g/mol. The van der Waals surface area contributed by atoms with Gasteiger partial charge in [-0.15, -0.1) is 16.9 Å². The first-order valence-corrected chi connectivity index (χ1v) is 12.5. The van der Waals surface area contributed by atoms with E-state index < -0.39 is 11.9 Å². The molecule has 1 atom stereocenters. The van der Waals surface area contributed by atoms with Gasteiger partial charge in [0.1, 0.15) is 18.2 Å². The molecule has 2 aromatic heterocycles. The summed E-state index contributed by atoms with van der Waals surface area (Å²) in [5, 5.41) is 10.4. The van der Waals surface area contributed by atoms with Crippen molar-refractivity contribution in [3.63, 3.8) is 0 Å². The summed E-state index contributed by atoms with van der Waals surface area (Å²) in [7, 11) is 1.69. The first-order valence-electron chi connectivity index (χ1n) is 11.5. The van der Waals surface area contributed by atoms with Gasteiger partial charge >= 0.3 is 0 Å². The molecule has 0 bridgehead atoms. The topological polar surface area (TPSA) is 105 Å². The zero-order chi connectivity index (χ0) is 24.9. The number of nitrogens with zero attached hydrogens (tertiary/aromatic N) is 5. The van der Waals surface area contributed by atoms with E-state index in [0.717, 1.165) is 21.8 Å². The summed E-state index contributed by atoms with van der Waals surface area (Å²) in [6.45, 7) is 1.15. The van der Waals surface area contributed by atoms with E-state index in [1.54, 1.807) is 17.9 Å². The van der Waals surface area contributed by atoms with Gasteiger partial charge in [0.15, 0.2) is 0 Å². The van der Waals surface area contributed by atoms with Gasteiger partial charge in [-0.3, -0.25) is 9.59 Å². The average molecular weight is 500 g/mol. The average Bonchev–Trinajstić information content (AvgIpc) is 3.34. The molecule has 0 saturated carbocycles. The molecular weight excluding hydrogens is 474 g/mol. The maximum Gasteiger partial charge on any atom is 0.291 e. The van der Waals surface area contributed by atoms with Crippen LogP contribution in [0.5, 0.6) is 0 Å². The van der Waals surface area contributed by atoms with Crippen molar-refractivity contribution in [2.24, 2.45) is 0 Å². The van der Waals surface area contributed by atoms with Crippen molar-refractivity contribution in [1.82, 2.24) is 25.1 Å². The summed E-state index contributed by atoms with van der Waals surface area (Å²) in [6.07, 6.45) is 3.20. The molecule has 0 spiro atoms. The number of likely N-dealkylation sites (N-methyl/N-ethyl adjacent to an activating group) is 1. The second-order valence-electron chi connectivity index (χ2n) is 8.36. The van der Waals surface area contributed by atoms with E-state index in [1.807, 2.05) is 66.7 Å². The van der Waals surface area contributed by atoms with Gasteiger partial charge in [-0.05, 0) is 17.2 Å². The first kappa shape index (κ1) is 23.6. The quantitative estimate of drug-likeness (QED) is 0.402. The first-order chi connectivity index (χ1) is 17.6. The Bertz CT molecular complexity index is 1360. The minimum absolute atomic E-state index is 0.0298. The van der Waals surface area contributed by atoms with Crippen molar-refractivity contribution in [2.75, 3.05) is 23.0 Å². The zero-order valence-electron chi connectivity index (χ0n) is 19.7. The minimum atomic E-state index is -0.721. The number of amides is 2. The Morgan fingerprint density at radius 2 is 1.78 bits per heavy atom. The Labute approximate surface area is 213 Å². The molecule has 4 aromatic rings. The van der Waals surface area contributed by atoms with Crippen molar-refractivity contribution >= 4 is 35.1 Å². The summed E-state index contributed by atoms with van der Waals surface area (Å²) in [5.41, 5.74) is 2.91. The third kappa shape index (κ3) is 5.38. The number of rotatable bonds is 7. The SMILES string of the molecule is CN1C(=O)[C@@H](NC(=O)c2ncn(Cc3ccccc3)n2)CSc2cc(NCc3ccccc3)ncc21. The van der Waals surface area contributed by atoms with E-state index in [4.69, 9.17) is 0 Å². The maximum atomic E-state index is 13.1. The number of nitrogens with one attached hydrogen (secondary N) is 2. The Hall–Kier alpha value is -4.18. The molecule has 5 rings (SSSR count). The van der Waals surface area contributed by atoms with Crippen molar-refractivity contribution in [3.8, 4) is 0 Å². The van der Waals surface area contributed by atoms with Crippen LogP contribution in [0.15, 0.2) is 84.1 Å². The fourth-order valence-corrected chi connectivity index (χ4v) is 4.96. The van der Waals surface area contributed by atoms with E-state index in [-0.39, 0.29) is 11.7 Å². The number of aromatic nitrogens is 4. The van der Waals surface area contributed by atoms with Crippen molar-refractivity contribution in [2.45, 2.75) is 24.0 Å². The second-order valence-corrected chi connectivity index (χ2v) is 9.42. The third-order valence-electron chi connectivity index (χ3n) is 5.79. The number of fused-ring (bicyclic) bond motifs is 1. The van der Waals surface area contributed by atoms with Crippen LogP contribution in [-0.4, -0.2) is 50.4 Å². The Morgan fingerprint density at radius 1 is 1.06 bits per heavy atom. The Morgan fingerprint density at radius 3 is 2.53 bits per heavy atom. The molecular formula is C26H25N7O2S. The number of thioether (sulfide) groups is 1. The molecule has 0 fully saturated rings. The maximum absolute atomic E-state index is 13.1. The molecule has 0 saturated heterocycles. The Balaban J connectivity index is 1.23. The molecule has 2 amide bonds. The highest BCUT2D eigenvalue weighted by Crippen LogP contribution is 2.34. The minimum Gasteiger partial charge on any atom is -0.366 e. The number of benzene rings is 2. The van der Waals surface area contributed by atoms with Gasteiger partial charge in [-0.2, -0.15) is 0 Å². The van der Waals surface area contributed by atoms with Crippen LogP contribution < -0.4 is 15.5 Å². The molecule has 1 aliphatic heterocycles. The van der Waals surface area contributed by atoms with Gasteiger partial charge in [0.2, 0.25) is 11.7 Å². The van der Waals surface area contributed by atoms with Gasteiger partial charge < -0.3 is 15.5 Å². The van der Waals surface area contributed by atoms with Gasteiger partial charge in [-0.25, -0.2) is 14.6 Å². The summed E-state index contributed by atoms with van der Waals surface area (Å²) < 4.78 is 1.60. The lowest BCUT2D eigenvalue weighted by Gasteiger charge is -2.21. The van der Waals surface area contributed by atoms with Crippen LogP contribution in [0.4, 0.5) is 11.5 Å². The lowest BCUT2D eigenvalue weighted by atomic mass is 10.2. The van der Waals surface area contributed by atoms with Gasteiger partial charge in [-0.1, -0.05) is 60.7 Å². The number of anilines is 2. The number of pyridine rings is 1. The molecule has 36 heavy (non-hydrogen) atoms. The van der Waals surface area contributed by atoms with E-state index in [0.29, 0.717) is 24.5 Å². The van der Waals surface area contributed by atoms with E-state index in [1.165, 1.54) is 23.0 Å². The molecule has 2 N–H and O–H groups in total. The van der Waals surface area contributed by atoms with Gasteiger partial charge in [0.05, 0.1) is 18.4 Å². The normalized spacial score (nSPS) is 15.2. The number of hydrogen-bond acceptors (Lipinski definition) is 7. The van der Waals surface area contributed by atoms with Crippen LogP contribution in [0.2, 0.25) is 0 Å². The zero-order valence-corrected chi connectivity index (χ0v) is 20.5. The number of carbonyl (C=O) groups is 2. The third-order valence-corrected chi connectivity index (χ3v) is 6.93. The van der Waals surface area contributed by atoms with Crippen molar-refractivity contribution < 1.29 is 9.59 Å². The molecule has 2 aromatic carbocycles. The summed E-state index contributed by atoms with van der Waals surface area (Å²) >= 11 is 1.50. The van der Waals surface area contributed by atoms with E-state index >= 15 is 0 Å². The molecule has 0 unspecified atom stereocenters. The lowest BCUT2D eigenvalue weighted by molar-refractivity contribution is -0.119. The van der Waals surface area contributed by atoms with Crippen LogP contribution in [-0.2, 0) is 17.9 Å². The fraction of sp³-hybridized carbons (Fsp3) is 0.192. The molecule has 1 aliphatic rings. The van der Waals surface area contributed by atoms with E-state index in [9.17, 15) is 9.59 Å². The van der Waals surface area contributed by atoms with Crippen molar-refractivity contribution in [1.29, 1.82) is 0 Å². The number of hydrogen-bond donors (Lipinski definition) is 2. The lowest BCUT2D eigenvalue weighted by Crippen LogP contribution is -2.48. The predicted octanol–water partition coefficient (Wildman–Crippen LogP) is 3.20. The standard InChI is InChI=1S/C26H25N7O2S/c1-32-21-14-28-23(27-13-18-8-4-2-5-9-18)12-22(21)36-16-20(26(32)35)30-25(34)24-29-17-33(31-24)15-19-10-6-3-7-11-19/h2-12,14,17,20H,13,15-16H2,1H3,(H,27,28)(H,30,34)/t20-/m0/s1. The van der Waals surface area contributed by atoms with Gasteiger partial charge in [0.25, 0.3) is 5.91 Å². The summed E-state index contributed by atoms with van der Waals surface area (Å²) in [6, 6.07) is 21.1. The van der Waals surface area contributed by atoms with Crippen molar-refractivity contribution in [3.05, 3.63) is 96.2 Å². The number of carbonyl (C=O) groups excluding carboxylic acids is 2. The second kappa shape index (κ2) is 10.6. The molecule has 0 radical (unpaired) electrons.